The van der Waals surface area contributed by atoms with Gasteiger partial charge >= 0.3 is 0 Å². The summed E-state index contributed by atoms with van der Waals surface area (Å²) in [5, 5.41) is 4.52. The van der Waals surface area contributed by atoms with Crippen LogP contribution in [0.2, 0.25) is 0 Å². The van der Waals surface area contributed by atoms with Gasteiger partial charge in [-0.3, -0.25) is 19.7 Å². The molecule has 0 radical (unpaired) electrons. The topological polar surface area (TPSA) is 56.2 Å². The van der Waals surface area contributed by atoms with E-state index in [1.54, 1.807) is 22.5 Å². The number of carbonyl (C=O) groups is 1. The van der Waals surface area contributed by atoms with Crippen molar-refractivity contribution in [1.82, 2.24) is 14.9 Å². The Labute approximate surface area is 179 Å². The quantitative estimate of drug-likeness (QED) is 0.514. The van der Waals surface area contributed by atoms with E-state index in [1.165, 1.54) is 0 Å². The fourth-order valence-corrected chi connectivity index (χ4v) is 4.86. The summed E-state index contributed by atoms with van der Waals surface area (Å²) in [6.07, 6.45) is 5.45. The Morgan fingerprint density at radius 3 is 2.87 bits per heavy atom. The minimum absolute atomic E-state index is 0.0573. The molecule has 1 N–H and O–H groups in total. The lowest BCUT2D eigenvalue weighted by atomic mass is 10.2. The molecule has 2 aromatic heterocycles. The van der Waals surface area contributed by atoms with Crippen molar-refractivity contribution in [3.05, 3.63) is 96.4 Å². The molecule has 5 nitrogen and oxygen atoms in total. The molecule has 1 fully saturated rings. The van der Waals surface area contributed by atoms with Gasteiger partial charge in [0.1, 0.15) is 12.4 Å². The molecule has 3 heterocycles. The van der Waals surface area contributed by atoms with Gasteiger partial charge in [0, 0.05) is 29.7 Å². The van der Waals surface area contributed by atoms with E-state index in [0.717, 1.165) is 33.5 Å². The molecule has 0 amide bonds. The van der Waals surface area contributed by atoms with Crippen molar-refractivity contribution < 1.29 is 9.53 Å². The second kappa shape index (κ2) is 8.34. The van der Waals surface area contributed by atoms with E-state index in [-0.39, 0.29) is 17.3 Å². The van der Waals surface area contributed by atoms with Gasteiger partial charge in [0.05, 0.1) is 16.9 Å². The summed E-state index contributed by atoms with van der Waals surface area (Å²) in [7, 11) is 0. The number of nitrogens with zero attached hydrogens (tertiary/aromatic N) is 2. The van der Waals surface area contributed by atoms with Gasteiger partial charge in [-0.15, -0.1) is 11.8 Å². The molecular weight excluding hydrogens is 394 g/mol. The molecule has 1 aliphatic rings. The van der Waals surface area contributed by atoms with Crippen LogP contribution in [0.4, 0.5) is 0 Å². The van der Waals surface area contributed by atoms with Crippen LogP contribution >= 0.6 is 11.8 Å². The summed E-state index contributed by atoms with van der Waals surface area (Å²) < 4.78 is 7.65. The molecule has 5 rings (SSSR count). The molecule has 0 saturated carbocycles. The number of ether oxygens (including phenoxy) is 1. The van der Waals surface area contributed by atoms with E-state index in [1.807, 2.05) is 79.1 Å². The highest BCUT2D eigenvalue weighted by Gasteiger charge is 2.31. The van der Waals surface area contributed by atoms with Crippen molar-refractivity contribution in [2.45, 2.75) is 18.0 Å². The molecule has 0 bridgehead atoms. The Kier molecular flexibility index (Phi) is 5.26. The first-order valence-corrected chi connectivity index (χ1v) is 10.9. The molecule has 0 unspecified atom stereocenters. The molecule has 150 valence electrons. The van der Waals surface area contributed by atoms with Crippen LogP contribution in [0.3, 0.4) is 0 Å². The van der Waals surface area contributed by atoms with Crippen molar-refractivity contribution in [2.24, 2.45) is 0 Å². The van der Waals surface area contributed by atoms with Crippen LogP contribution in [-0.2, 0) is 6.61 Å². The van der Waals surface area contributed by atoms with Gasteiger partial charge in [0.2, 0.25) is 5.91 Å². The summed E-state index contributed by atoms with van der Waals surface area (Å²) in [4.78, 5) is 17.3. The zero-order valence-corrected chi connectivity index (χ0v) is 17.1. The van der Waals surface area contributed by atoms with Crippen molar-refractivity contribution in [1.29, 1.82) is 0 Å². The lowest BCUT2D eigenvalue weighted by molar-refractivity contribution is 0.0879. The number of thioether (sulfide) groups is 1. The van der Waals surface area contributed by atoms with Crippen molar-refractivity contribution in [2.75, 3.05) is 5.75 Å². The third-order valence-electron chi connectivity index (χ3n) is 5.21. The molecule has 30 heavy (non-hydrogen) atoms. The maximum Gasteiger partial charge on any atom is 0.249 e. The fraction of sp³-hybridized carbons (Fsp3) is 0.167. The number of benzene rings is 2. The average Bonchev–Trinajstić information content (AvgIpc) is 3.46. The monoisotopic (exact) mass is 415 g/mol. The summed E-state index contributed by atoms with van der Waals surface area (Å²) >= 11 is 1.74. The minimum atomic E-state index is -0.232. The van der Waals surface area contributed by atoms with Gasteiger partial charge in [-0.2, -0.15) is 0 Å². The lowest BCUT2D eigenvalue weighted by Gasteiger charge is -2.14. The number of hydrogen-bond donors (Lipinski definition) is 1. The average molecular weight is 416 g/mol. The van der Waals surface area contributed by atoms with E-state index in [0.29, 0.717) is 6.61 Å². The molecule has 2 aromatic carbocycles. The highest BCUT2D eigenvalue weighted by atomic mass is 32.2. The second-order valence-corrected chi connectivity index (χ2v) is 8.38. The van der Waals surface area contributed by atoms with Gasteiger partial charge in [-0.05, 0) is 41.5 Å². The predicted octanol–water partition coefficient (Wildman–Crippen LogP) is 4.66. The van der Waals surface area contributed by atoms with E-state index in [2.05, 4.69) is 10.3 Å². The number of aromatic nitrogens is 2. The molecule has 1 saturated heterocycles. The molecule has 0 spiro atoms. The van der Waals surface area contributed by atoms with E-state index in [9.17, 15) is 4.79 Å². The first kappa shape index (κ1) is 18.9. The van der Waals surface area contributed by atoms with Crippen molar-refractivity contribution in [3.63, 3.8) is 0 Å². The van der Waals surface area contributed by atoms with Crippen LogP contribution in [0.1, 0.15) is 21.3 Å². The smallest absolute Gasteiger partial charge is 0.249 e. The maximum absolute atomic E-state index is 13.1. The van der Waals surface area contributed by atoms with E-state index in [4.69, 9.17) is 4.74 Å². The zero-order valence-electron chi connectivity index (χ0n) is 16.3. The Bertz CT molecular complexity index is 1160. The van der Waals surface area contributed by atoms with Crippen LogP contribution in [0, 0.1) is 0 Å². The normalized spacial score (nSPS) is 18.5. The summed E-state index contributed by atoms with van der Waals surface area (Å²) in [6.45, 7) is 0.519. The third-order valence-corrected chi connectivity index (χ3v) is 6.48. The molecule has 4 aromatic rings. The number of fused-ring (bicyclic) bond motifs is 1. The summed E-state index contributed by atoms with van der Waals surface area (Å²) in [6, 6.07) is 21.6. The standard InChI is InChI=1S/C24H21N3O2S/c28-24(21-16-30-23(26-21)19-7-4-11-25-14-19)27-12-10-18-13-20(8-9-22(18)27)29-15-17-5-2-1-3-6-17/h1-14,21,23,26H,15-16H2/t21-,23+/m0/s1. The van der Waals surface area contributed by atoms with Crippen LogP contribution in [0.5, 0.6) is 5.75 Å². The minimum Gasteiger partial charge on any atom is -0.489 e. The van der Waals surface area contributed by atoms with Crippen LogP contribution in [0.15, 0.2) is 85.3 Å². The Balaban J connectivity index is 1.29. The van der Waals surface area contributed by atoms with Crippen molar-refractivity contribution >= 4 is 28.6 Å². The SMILES string of the molecule is O=C([C@@H]1CS[C@H](c2cccnc2)N1)n1ccc2cc(OCc3ccccc3)ccc21. The van der Waals surface area contributed by atoms with Gasteiger partial charge in [-0.25, -0.2) is 0 Å². The van der Waals surface area contributed by atoms with E-state index < -0.39 is 0 Å². The predicted molar refractivity (Wildman–Crippen MR) is 120 cm³/mol. The van der Waals surface area contributed by atoms with Crippen LogP contribution in [0.25, 0.3) is 10.9 Å². The van der Waals surface area contributed by atoms with Crippen molar-refractivity contribution in [3.8, 4) is 5.75 Å². The summed E-state index contributed by atoms with van der Waals surface area (Å²) in [5.41, 5.74) is 3.11. The largest absolute Gasteiger partial charge is 0.489 e. The third kappa shape index (κ3) is 3.84. The van der Waals surface area contributed by atoms with Crippen LogP contribution < -0.4 is 10.1 Å². The number of carbonyl (C=O) groups excluding carboxylic acids is 1. The Hall–Kier alpha value is -3.09. The van der Waals surface area contributed by atoms with Gasteiger partial charge in [0.15, 0.2) is 0 Å². The second-order valence-electron chi connectivity index (χ2n) is 7.24. The summed E-state index contributed by atoms with van der Waals surface area (Å²) in [5.74, 6) is 1.58. The number of hydrogen-bond acceptors (Lipinski definition) is 5. The molecule has 0 aliphatic carbocycles. The highest BCUT2D eigenvalue weighted by Crippen LogP contribution is 2.33. The Morgan fingerprint density at radius 2 is 2.03 bits per heavy atom. The number of rotatable bonds is 5. The van der Waals surface area contributed by atoms with E-state index >= 15 is 0 Å². The highest BCUT2D eigenvalue weighted by molar-refractivity contribution is 7.99. The first-order chi connectivity index (χ1) is 14.8. The van der Waals surface area contributed by atoms with Crippen LogP contribution in [-0.4, -0.2) is 27.3 Å². The van der Waals surface area contributed by atoms with Gasteiger partial charge in [0.25, 0.3) is 0 Å². The fourth-order valence-electron chi connectivity index (χ4n) is 3.65. The van der Waals surface area contributed by atoms with Gasteiger partial charge in [-0.1, -0.05) is 36.4 Å². The Morgan fingerprint density at radius 1 is 1.13 bits per heavy atom. The lowest BCUT2D eigenvalue weighted by Crippen LogP contribution is -2.37. The number of pyridine rings is 1. The zero-order chi connectivity index (χ0) is 20.3. The first-order valence-electron chi connectivity index (χ1n) is 9.87. The molecule has 6 heteroatoms. The molecular formula is C24H21N3O2S. The molecule has 1 aliphatic heterocycles. The maximum atomic E-state index is 13.1. The number of nitrogens with one attached hydrogen (secondary N) is 1. The molecule has 2 atom stereocenters. The van der Waals surface area contributed by atoms with Gasteiger partial charge < -0.3 is 4.74 Å².